The smallest absolute Gasteiger partial charge is 0.340 e. The third-order valence-corrected chi connectivity index (χ3v) is 3.56. The van der Waals surface area contributed by atoms with Gasteiger partial charge in [-0.25, -0.2) is 13.6 Å². The maximum Gasteiger partial charge on any atom is 0.340 e. The fourth-order valence-corrected chi connectivity index (χ4v) is 2.40. The Hall–Kier alpha value is -1.69. The molecule has 1 aliphatic rings. The molecule has 1 N–H and O–H groups in total. The van der Waals surface area contributed by atoms with E-state index in [1.807, 2.05) is 7.05 Å². The molecule has 1 aromatic carbocycles. The minimum absolute atomic E-state index is 0.0738. The van der Waals surface area contributed by atoms with Gasteiger partial charge in [0.15, 0.2) is 11.6 Å². The van der Waals surface area contributed by atoms with Crippen molar-refractivity contribution >= 4 is 11.7 Å². The Bertz CT molecular complexity index is 508. The topological polar surface area (TPSA) is 41.6 Å². The Morgan fingerprint density at radius 1 is 1.45 bits per heavy atom. The Balaban J connectivity index is 2.06. The average molecular weight is 284 g/mol. The fraction of sp³-hybridized carbons (Fsp3) is 0.500. The number of anilines is 1. The number of hydrogen-bond donors (Lipinski definition) is 1. The van der Waals surface area contributed by atoms with Gasteiger partial charge in [0.2, 0.25) is 0 Å². The number of nitrogens with one attached hydrogen (secondary N) is 1. The molecule has 1 saturated heterocycles. The summed E-state index contributed by atoms with van der Waals surface area (Å²) >= 11 is 0. The summed E-state index contributed by atoms with van der Waals surface area (Å²) in [5.41, 5.74) is -0.319. The number of halogens is 2. The molecule has 0 saturated carbocycles. The first-order valence-electron chi connectivity index (χ1n) is 6.51. The maximum absolute atomic E-state index is 13.9. The van der Waals surface area contributed by atoms with E-state index in [1.165, 1.54) is 12.1 Å². The number of esters is 1. The van der Waals surface area contributed by atoms with Crippen molar-refractivity contribution in [3.05, 3.63) is 29.3 Å². The number of benzene rings is 1. The molecule has 1 aliphatic heterocycles. The van der Waals surface area contributed by atoms with E-state index in [0.717, 1.165) is 26.6 Å². The van der Waals surface area contributed by atoms with Gasteiger partial charge in [0, 0.05) is 13.1 Å². The highest BCUT2D eigenvalue weighted by molar-refractivity contribution is 5.90. The van der Waals surface area contributed by atoms with Gasteiger partial charge in [-0.2, -0.15) is 0 Å². The number of carbonyl (C=O) groups excluding carboxylic acids is 1. The SMILES string of the molecule is COC(=O)c1ccc(NCC2CCN(C)C2)c(F)c1F. The van der Waals surface area contributed by atoms with Crippen LogP contribution in [-0.2, 0) is 4.74 Å². The van der Waals surface area contributed by atoms with Crippen LogP contribution in [0.25, 0.3) is 0 Å². The van der Waals surface area contributed by atoms with Gasteiger partial charge in [-0.05, 0) is 38.1 Å². The van der Waals surface area contributed by atoms with Crippen LogP contribution < -0.4 is 5.32 Å². The number of likely N-dealkylation sites (tertiary alicyclic amines) is 1. The van der Waals surface area contributed by atoms with E-state index in [0.29, 0.717) is 12.5 Å². The number of hydrogen-bond acceptors (Lipinski definition) is 4. The highest BCUT2D eigenvalue weighted by Gasteiger charge is 2.22. The van der Waals surface area contributed by atoms with Gasteiger partial charge < -0.3 is 15.0 Å². The van der Waals surface area contributed by atoms with Crippen LogP contribution >= 0.6 is 0 Å². The van der Waals surface area contributed by atoms with Crippen LogP contribution in [0.4, 0.5) is 14.5 Å². The Kier molecular flexibility index (Phi) is 4.54. The Morgan fingerprint density at radius 3 is 2.80 bits per heavy atom. The molecule has 110 valence electrons. The monoisotopic (exact) mass is 284 g/mol. The standard InChI is InChI=1S/C14H18F2N2O2/c1-18-6-5-9(8-18)7-17-11-4-3-10(14(19)20-2)12(15)13(11)16/h3-4,9,17H,5-8H2,1-2H3. The highest BCUT2D eigenvalue weighted by Crippen LogP contribution is 2.22. The Labute approximate surface area is 116 Å². The molecule has 4 nitrogen and oxygen atoms in total. The summed E-state index contributed by atoms with van der Waals surface area (Å²) in [4.78, 5) is 13.4. The van der Waals surface area contributed by atoms with Gasteiger partial charge in [0.1, 0.15) is 0 Å². The van der Waals surface area contributed by atoms with Crippen molar-refractivity contribution in [3.8, 4) is 0 Å². The van der Waals surface area contributed by atoms with E-state index in [-0.39, 0.29) is 5.69 Å². The van der Waals surface area contributed by atoms with Crippen molar-refractivity contribution in [2.45, 2.75) is 6.42 Å². The molecule has 1 unspecified atom stereocenters. The van der Waals surface area contributed by atoms with E-state index in [2.05, 4.69) is 15.0 Å². The van der Waals surface area contributed by atoms with E-state index in [9.17, 15) is 13.6 Å². The van der Waals surface area contributed by atoms with Crippen molar-refractivity contribution in [1.29, 1.82) is 0 Å². The van der Waals surface area contributed by atoms with Crippen LogP contribution in [0.1, 0.15) is 16.8 Å². The first-order chi connectivity index (χ1) is 9.52. The molecule has 0 bridgehead atoms. The first-order valence-corrected chi connectivity index (χ1v) is 6.51. The summed E-state index contributed by atoms with van der Waals surface area (Å²) in [6.45, 7) is 2.54. The minimum Gasteiger partial charge on any atom is -0.465 e. The van der Waals surface area contributed by atoms with E-state index in [1.54, 1.807) is 0 Å². The van der Waals surface area contributed by atoms with Gasteiger partial charge in [0.25, 0.3) is 0 Å². The van der Waals surface area contributed by atoms with Crippen molar-refractivity contribution < 1.29 is 18.3 Å². The van der Waals surface area contributed by atoms with Crippen LogP contribution in [0.5, 0.6) is 0 Å². The third kappa shape index (κ3) is 3.07. The maximum atomic E-state index is 13.9. The molecule has 0 aliphatic carbocycles. The fourth-order valence-electron chi connectivity index (χ4n) is 2.40. The molecule has 0 amide bonds. The summed E-state index contributed by atoms with van der Waals surface area (Å²) in [5.74, 6) is -2.68. The minimum atomic E-state index is -1.18. The molecular formula is C14H18F2N2O2. The van der Waals surface area contributed by atoms with Crippen LogP contribution in [-0.4, -0.2) is 44.7 Å². The van der Waals surface area contributed by atoms with Crippen LogP contribution in [0, 0.1) is 17.6 Å². The molecule has 0 radical (unpaired) electrons. The van der Waals surface area contributed by atoms with E-state index in [4.69, 9.17) is 0 Å². The molecule has 0 aromatic heterocycles. The molecular weight excluding hydrogens is 266 g/mol. The lowest BCUT2D eigenvalue weighted by molar-refractivity contribution is 0.0594. The normalized spacial score (nSPS) is 19.1. The summed E-state index contributed by atoms with van der Waals surface area (Å²) in [6.07, 6.45) is 1.04. The van der Waals surface area contributed by atoms with E-state index >= 15 is 0 Å². The molecule has 1 aromatic rings. The van der Waals surface area contributed by atoms with Crippen LogP contribution in [0.2, 0.25) is 0 Å². The molecule has 0 spiro atoms. The molecule has 20 heavy (non-hydrogen) atoms. The number of carbonyl (C=O) groups is 1. The number of nitrogens with zero attached hydrogens (tertiary/aromatic N) is 1. The summed E-state index contributed by atoms with van der Waals surface area (Å²) in [6, 6.07) is 2.59. The summed E-state index contributed by atoms with van der Waals surface area (Å²) < 4.78 is 32.0. The first kappa shape index (κ1) is 14.7. The number of methoxy groups -OCH3 is 1. The van der Waals surface area contributed by atoms with Gasteiger partial charge in [-0.15, -0.1) is 0 Å². The zero-order valence-corrected chi connectivity index (χ0v) is 11.6. The summed E-state index contributed by atoms with van der Waals surface area (Å²) in [7, 11) is 3.16. The second-order valence-electron chi connectivity index (χ2n) is 5.08. The lowest BCUT2D eigenvalue weighted by Crippen LogP contribution is -2.20. The zero-order chi connectivity index (χ0) is 14.7. The molecule has 1 heterocycles. The molecule has 1 fully saturated rings. The lowest BCUT2D eigenvalue weighted by atomic mass is 10.1. The predicted molar refractivity (Wildman–Crippen MR) is 71.8 cm³/mol. The van der Waals surface area contributed by atoms with Gasteiger partial charge >= 0.3 is 5.97 Å². The third-order valence-electron chi connectivity index (χ3n) is 3.56. The van der Waals surface area contributed by atoms with Gasteiger partial charge in [-0.1, -0.05) is 0 Å². The molecule has 2 rings (SSSR count). The van der Waals surface area contributed by atoms with Crippen molar-refractivity contribution in [3.63, 3.8) is 0 Å². The van der Waals surface area contributed by atoms with Crippen molar-refractivity contribution in [2.24, 2.45) is 5.92 Å². The van der Waals surface area contributed by atoms with Crippen LogP contribution in [0.15, 0.2) is 12.1 Å². The summed E-state index contributed by atoms with van der Waals surface area (Å²) in [5, 5.41) is 2.91. The molecule has 6 heteroatoms. The quantitative estimate of drug-likeness (QED) is 0.860. The van der Waals surface area contributed by atoms with Gasteiger partial charge in [-0.3, -0.25) is 0 Å². The second kappa shape index (κ2) is 6.17. The predicted octanol–water partition coefficient (Wildman–Crippen LogP) is 2.12. The second-order valence-corrected chi connectivity index (χ2v) is 5.08. The van der Waals surface area contributed by atoms with E-state index < -0.39 is 23.2 Å². The van der Waals surface area contributed by atoms with Crippen LogP contribution in [0.3, 0.4) is 0 Å². The Morgan fingerprint density at radius 2 is 2.20 bits per heavy atom. The van der Waals surface area contributed by atoms with Crippen molar-refractivity contribution in [1.82, 2.24) is 4.90 Å². The number of ether oxygens (including phenoxy) is 1. The number of rotatable bonds is 4. The average Bonchev–Trinajstić information content (AvgIpc) is 2.85. The van der Waals surface area contributed by atoms with Crippen molar-refractivity contribution in [2.75, 3.05) is 39.1 Å². The molecule has 1 atom stereocenters. The largest absolute Gasteiger partial charge is 0.465 e. The highest BCUT2D eigenvalue weighted by atomic mass is 19.2. The lowest BCUT2D eigenvalue weighted by Gasteiger charge is -2.14. The van der Waals surface area contributed by atoms with Gasteiger partial charge in [0.05, 0.1) is 18.4 Å². The zero-order valence-electron chi connectivity index (χ0n) is 11.6.